The van der Waals surface area contributed by atoms with Gasteiger partial charge in [0.1, 0.15) is 18.5 Å². The maximum Gasteiger partial charge on any atom is 0.287 e. The van der Waals surface area contributed by atoms with Gasteiger partial charge in [-0.05, 0) is 56.9 Å². The summed E-state index contributed by atoms with van der Waals surface area (Å²) in [6, 6.07) is 11.8. The van der Waals surface area contributed by atoms with Gasteiger partial charge in [0.05, 0.1) is 6.20 Å². The minimum Gasteiger partial charge on any atom is -0.491 e. The van der Waals surface area contributed by atoms with E-state index >= 15 is 0 Å². The van der Waals surface area contributed by atoms with E-state index in [4.69, 9.17) is 9.15 Å². The van der Waals surface area contributed by atoms with E-state index in [0.29, 0.717) is 23.9 Å². The summed E-state index contributed by atoms with van der Waals surface area (Å²) in [5, 5.41) is 17.6. The maximum atomic E-state index is 12.5. The lowest BCUT2D eigenvalue weighted by atomic mass is 9.91. The van der Waals surface area contributed by atoms with Crippen molar-refractivity contribution in [1.82, 2.24) is 15.6 Å². The number of ether oxygens (including phenoxy) is 1. The van der Waals surface area contributed by atoms with Crippen LogP contribution in [0.2, 0.25) is 0 Å². The number of fused-ring (bicyclic) bond motifs is 1. The Morgan fingerprint density at radius 1 is 1.19 bits per heavy atom. The standard InChI is InChI=1S/C24H29N3O4/c1-16-2-8-21(9-3-16)30-15-20(28)13-26-18-4-6-19(7-5-18)27-24(29)22-12-17-10-11-25-14-23(17)31-22/h2-3,8-12,14,18-20,26,28H,4-7,13,15H2,1H3,(H,27,29). The molecule has 1 atom stereocenters. The topological polar surface area (TPSA) is 96.6 Å². The average Bonchev–Trinajstić information content (AvgIpc) is 3.23. The fraction of sp³-hybridized carbons (Fsp3) is 0.417. The molecular weight excluding hydrogens is 394 g/mol. The van der Waals surface area contributed by atoms with Crippen molar-refractivity contribution in [1.29, 1.82) is 0 Å². The number of nitrogens with one attached hydrogen (secondary N) is 2. The first-order valence-corrected chi connectivity index (χ1v) is 10.8. The van der Waals surface area contributed by atoms with Gasteiger partial charge in [-0.2, -0.15) is 0 Å². The normalized spacial score (nSPS) is 19.8. The Kier molecular flexibility index (Phi) is 6.84. The number of nitrogens with zero attached hydrogens (tertiary/aromatic N) is 1. The summed E-state index contributed by atoms with van der Waals surface area (Å²) >= 11 is 0. The molecule has 0 saturated heterocycles. The number of carbonyl (C=O) groups is 1. The van der Waals surface area contributed by atoms with Crippen LogP contribution in [0.3, 0.4) is 0 Å². The van der Waals surface area contributed by atoms with Crippen LogP contribution in [-0.4, -0.2) is 47.3 Å². The first-order valence-electron chi connectivity index (χ1n) is 10.8. The third-order valence-electron chi connectivity index (χ3n) is 5.71. The minimum atomic E-state index is -0.568. The molecule has 1 fully saturated rings. The molecule has 4 rings (SSSR count). The van der Waals surface area contributed by atoms with Crippen LogP contribution in [-0.2, 0) is 0 Å². The second-order valence-corrected chi connectivity index (χ2v) is 8.23. The number of aryl methyl sites for hydroxylation is 1. The van der Waals surface area contributed by atoms with Crippen molar-refractivity contribution in [2.75, 3.05) is 13.2 Å². The highest BCUT2D eigenvalue weighted by Crippen LogP contribution is 2.21. The number of hydrogen-bond acceptors (Lipinski definition) is 6. The highest BCUT2D eigenvalue weighted by Gasteiger charge is 2.24. The Balaban J connectivity index is 1.15. The number of aromatic nitrogens is 1. The predicted octanol–water partition coefficient (Wildman–Crippen LogP) is 3.21. The summed E-state index contributed by atoms with van der Waals surface area (Å²) in [6.45, 7) is 2.77. The summed E-state index contributed by atoms with van der Waals surface area (Å²) in [7, 11) is 0. The SMILES string of the molecule is Cc1ccc(OCC(O)CNC2CCC(NC(=O)c3cc4ccncc4o3)CC2)cc1. The monoisotopic (exact) mass is 423 g/mol. The molecule has 0 bridgehead atoms. The number of carbonyl (C=O) groups excluding carboxylic acids is 1. The maximum absolute atomic E-state index is 12.5. The second-order valence-electron chi connectivity index (χ2n) is 8.23. The van der Waals surface area contributed by atoms with E-state index in [1.54, 1.807) is 18.5 Å². The van der Waals surface area contributed by atoms with Gasteiger partial charge in [-0.15, -0.1) is 0 Å². The fourth-order valence-electron chi connectivity index (χ4n) is 3.88. The Morgan fingerprint density at radius 3 is 2.68 bits per heavy atom. The molecule has 1 aromatic carbocycles. The number of aliphatic hydroxyl groups excluding tert-OH is 1. The molecule has 1 aliphatic rings. The van der Waals surface area contributed by atoms with Gasteiger partial charge in [0.25, 0.3) is 5.91 Å². The zero-order chi connectivity index (χ0) is 21.6. The molecule has 1 aliphatic carbocycles. The van der Waals surface area contributed by atoms with Crippen LogP contribution in [0.15, 0.2) is 53.2 Å². The molecule has 7 nitrogen and oxygen atoms in total. The molecule has 164 valence electrons. The van der Waals surface area contributed by atoms with Gasteiger partial charge in [0.15, 0.2) is 11.3 Å². The zero-order valence-corrected chi connectivity index (χ0v) is 17.7. The van der Waals surface area contributed by atoms with Gasteiger partial charge < -0.3 is 24.9 Å². The van der Waals surface area contributed by atoms with E-state index in [1.165, 1.54) is 5.56 Å². The highest BCUT2D eigenvalue weighted by atomic mass is 16.5. The molecule has 1 amide bonds. The van der Waals surface area contributed by atoms with Crippen molar-refractivity contribution < 1.29 is 19.1 Å². The van der Waals surface area contributed by atoms with Gasteiger partial charge in [0.2, 0.25) is 0 Å². The Morgan fingerprint density at radius 2 is 1.94 bits per heavy atom. The van der Waals surface area contributed by atoms with E-state index in [2.05, 4.69) is 15.6 Å². The van der Waals surface area contributed by atoms with Crippen molar-refractivity contribution in [3.05, 3.63) is 60.1 Å². The van der Waals surface area contributed by atoms with Crippen LogP contribution in [0, 0.1) is 6.92 Å². The van der Waals surface area contributed by atoms with Gasteiger partial charge in [-0.3, -0.25) is 9.78 Å². The summed E-state index contributed by atoms with van der Waals surface area (Å²) in [6.07, 6.45) is 6.40. The molecule has 0 aliphatic heterocycles. The van der Waals surface area contributed by atoms with Crippen molar-refractivity contribution in [3.8, 4) is 5.75 Å². The largest absolute Gasteiger partial charge is 0.491 e. The highest BCUT2D eigenvalue weighted by molar-refractivity contribution is 5.96. The Labute approximate surface area is 181 Å². The van der Waals surface area contributed by atoms with Gasteiger partial charge in [-0.1, -0.05) is 17.7 Å². The van der Waals surface area contributed by atoms with Crippen LogP contribution in [0.1, 0.15) is 41.8 Å². The van der Waals surface area contributed by atoms with E-state index in [-0.39, 0.29) is 18.6 Å². The molecule has 3 N–H and O–H groups in total. The number of aliphatic hydroxyl groups is 1. The number of amides is 1. The van der Waals surface area contributed by atoms with Gasteiger partial charge in [0, 0.05) is 30.2 Å². The van der Waals surface area contributed by atoms with Crippen molar-refractivity contribution in [2.45, 2.75) is 50.8 Å². The van der Waals surface area contributed by atoms with Crippen molar-refractivity contribution in [3.63, 3.8) is 0 Å². The first-order chi connectivity index (χ1) is 15.1. The predicted molar refractivity (Wildman–Crippen MR) is 118 cm³/mol. The molecule has 1 unspecified atom stereocenters. The minimum absolute atomic E-state index is 0.131. The molecule has 2 heterocycles. The van der Waals surface area contributed by atoms with E-state index in [0.717, 1.165) is 36.8 Å². The summed E-state index contributed by atoms with van der Waals surface area (Å²) in [5.41, 5.74) is 1.79. The Bertz CT molecular complexity index is 960. The van der Waals surface area contributed by atoms with Gasteiger partial charge >= 0.3 is 0 Å². The number of furan rings is 1. The molecule has 3 aromatic rings. The van der Waals surface area contributed by atoms with Crippen LogP contribution < -0.4 is 15.4 Å². The summed E-state index contributed by atoms with van der Waals surface area (Å²) in [4.78, 5) is 16.5. The third-order valence-corrected chi connectivity index (χ3v) is 5.71. The van der Waals surface area contributed by atoms with Crippen LogP contribution in [0.25, 0.3) is 11.0 Å². The van der Waals surface area contributed by atoms with Crippen LogP contribution in [0.4, 0.5) is 0 Å². The van der Waals surface area contributed by atoms with Crippen molar-refractivity contribution in [2.24, 2.45) is 0 Å². The van der Waals surface area contributed by atoms with Crippen molar-refractivity contribution >= 4 is 16.9 Å². The zero-order valence-electron chi connectivity index (χ0n) is 17.7. The van der Waals surface area contributed by atoms with E-state index in [9.17, 15) is 9.90 Å². The lowest BCUT2D eigenvalue weighted by molar-refractivity contribution is 0.0891. The summed E-state index contributed by atoms with van der Waals surface area (Å²) < 4.78 is 11.2. The molecule has 2 aromatic heterocycles. The van der Waals surface area contributed by atoms with Crippen LogP contribution in [0.5, 0.6) is 5.75 Å². The molecule has 0 spiro atoms. The lowest BCUT2D eigenvalue weighted by Crippen LogP contribution is -2.44. The van der Waals surface area contributed by atoms with Crippen LogP contribution >= 0.6 is 0 Å². The fourth-order valence-corrected chi connectivity index (χ4v) is 3.88. The molecular formula is C24H29N3O4. The molecule has 0 radical (unpaired) electrons. The third kappa shape index (κ3) is 5.83. The number of pyridine rings is 1. The number of hydrogen-bond donors (Lipinski definition) is 3. The second kappa shape index (κ2) is 9.94. The molecule has 1 saturated carbocycles. The average molecular weight is 424 g/mol. The number of rotatable bonds is 8. The smallest absolute Gasteiger partial charge is 0.287 e. The Hall–Kier alpha value is -2.90. The molecule has 7 heteroatoms. The van der Waals surface area contributed by atoms with E-state index < -0.39 is 6.10 Å². The summed E-state index contributed by atoms with van der Waals surface area (Å²) in [5.74, 6) is 0.901. The van der Waals surface area contributed by atoms with Gasteiger partial charge in [-0.25, -0.2) is 0 Å². The lowest BCUT2D eigenvalue weighted by Gasteiger charge is -2.30. The number of benzene rings is 1. The molecule has 31 heavy (non-hydrogen) atoms. The first kappa shape index (κ1) is 21.3. The quantitative estimate of drug-likeness (QED) is 0.515. The van der Waals surface area contributed by atoms with E-state index in [1.807, 2.05) is 37.3 Å².